The number of carbonyl (C=O) groups excluding carboxylic acids is 1. The monoisotopic (exact) mass is 313 g/mol. The van der Waals surface area contributed by atoms with E-state index in [9.17, 15) is 4.79 Å². The fourth-order valence-electron chi connectivity index (χ4n) is 3.27. The van der Waals surface area contributed by atoms with Crippen molar-refractivity contribution in [1.29, 1.82) is 0 Å². The van der Waals surface area contributed by atoms with Gasteiger partial charge in [0.05, 0.1) is 23.1 Å². The molecule has 6 nitrogen and oxygen atoms in total. The van der Waals surface area contributed by atoms with Crippen LogP contribution in [0.15, 0.2) is 18.3 Å². The molecule has 122 valence electrons. The van der Waals surface area contributed by atoms with Gasteiger partial charge in [-0.1, -0.05) is 0 Å². The van der Waals surface area contributed by atoms with E-state index in [4.69, 9.17) is 0 Å². The van der Waals surface area contributed by atoms with Crippen molar-refractivity contribution in [2.24, 2.45) is 0 Å². The summed E-state index contributed by atoms with van der Waals surface area (Å²) in [6.07, 6.45) is 3.77. The predicted molar refractivity (Wildman–Crippen MR) is 87.7 cm³/mol. The van der Waals surface area contributed by atoms with Crippen molar-refractivity contribution in [2.75, 3.05) is 6.54 Å². The fraction of sp³-hybridized carbons (Fsp3) is 0.529. The summed E-state index contributed by atoms with van der Waals surface area (Å²) in [6.45, 7) is 8.53. The number of carbonyl (C=O) groups is 1. The fourth-order valence-corrected chi connectivity index (χ4v) is 3.27. The van der Waals surface area contributed by atoms with E-state index >= 15 is 0 Å². The van der Waals surface area contributed by atoms with E-state index in [0.29, 0.717) is 0 Å². The van der Waals surface area contributed by atoms with Gasteiger partial charge in [0.25, 0.3) is 0 Å². The lowest BCUT2D eigenvalue weighted by Gasteiger charge is -2.23. The van der Waals surface area contributed by atoms with E-state index in [2.05, 4.69) is 28.9 Å². The Balaban J connectivity index is 2.03. The van der Waals surface area contributed by atoms with Gasteiger partial charge in [-0.15, -0.1) is 0 Å². The van der Waals surface area contributed by atoms with Gasteiger partial charge in [0.1, 0.15) is 5.82 Å². The molecule has 1 aliphatic rings. The van der Waals surface area contributed by atoms with Crippen LogP contribution in [0.4, 0.5) is 0 Å². The average Bonchev–Trinajstić information content (AvgIpc) is 3.15. The van der Waals surface area contributed by atoms with E-state index in [1.165, 1.54) is 0 Å². The van der Waals surface area contributed by atoms with Gasteiger partial charge in [-0.3, -0.25) is 9.48 Å². The summed E-state index contributed by atoms with van der Waals surface area (Å²) in [5.41, 5.74) is 2.78. The van der Waals surface area contributed by atoms with Crippen LogP contribution in [0.1, 0.15) is 57.2 Å². The first-order valence-electron chi connectivity index (χ1n) is 8.14. The third-order valence-electron chi connectivity index (χ3n) is 4.28. The molecule has 0 N–H and O–H groups in total. The largest absolute Gasteiger partial charge is 0.334 e. The predicted octanol–water partition coefficient (Wildman–Crippen LogP) is 2.91. The molecule has 3 rings (SSSR count). The molecule has 1 saturated heterocycles. The molecular formula is C17H23N5O. The zero-order valence-electron chi connectivity index (χ0n) is 14.2. The average molecular weight is 313 g/mol. The highest BCUT2D eigenvalue weighted by atomic mass is 16.2. The molecule has 1 aliphatic heterocycles. The lowest BCUT2D eigenvalue weighted by Crippen LogP contribution is -2.28. The molecule has 1 atom stereocenters. The number of aryl methyl sites for hydroxylation is 1. The highest BCUT2D eigenvalue weighted by molar-refractivity contribution is 5.74. The zero-order chi connectivity index (χ0) is 16.6. The molecule has 2 aromatic heterocycles. The Bertz CT molecular complexity index is 722. The van der Waals surface area contributed by atoms with Crippen molar-refractivity contribution >= 4 is 5.91 Å². The van der Waals surface area contributed by atoms with Crippen molar-refractivity contribution < 1.29 is 4.79 Å². The lowest BCUT2D eigenvalue weighted by molar-refractivity contribution is -0.129. The summed E-state index contributed by atoms with van der Waals surface area (Å²) in [6, 6.07) is 4.31. The van der Waals surface area contributed by atoms with Crippen LogP contribution < -0.4 is 0 Å². The number of rotatable bonds is 3. The van der Waals surface area contributed by atoms with Crippen molar-refractivity contribution in [1.82, 2.24) is 24.6 Å². The van der Waals surface area contributed by atoms with Crippen LogP contribution in [0.5, 0.6) is 0 Å². The summed E-state index contributed by atoms with van der Waals surface area (Å²) < 4.78 is 1.96. The second-order valence-electron chi connectivity index (χ2n) is 6.35. The number of hydrogen-bond acceptors (Lipinski definition) is 4. The van der Waals surface area contributed by atoms with Crippen molar-refractivity contribution in [2.45, 2.75) is 52.6 Å². The maximum Gasteiger partial charge on any atom is 0.220 e. The molecule has 2 aromatic rings. The Morgan fingerprint density at radius 1 is 1.35 bits per heavy atom. The summed E-state index contributed by atoms with van der Waals surface area (Å²) in [7, 11) is 0. The minimum absolute atomic E-state index is 0.0587. The smallest absolute Gasteiger partial charge is 0.220 e. The quantitative estimate of drug-likeness (QED) is 0.874. The van der Waals surface area contributed by atoms with Crippen LogP contribution in [-0.2, 0) is 4.79 Å². The molecule has 0 aromatic carbocycles. The number of likely N-dealkylation sites (tertiary alicyclic amines) is 1. The van der Waals surface area contributed by atoms with Gasteiger partial charge in [0, 0.05) is 25.7 Å². The number of nitrogens with zero attached hydrogens (tertiary/aromatic N) is 5. The number of aromatic nitrogens is 4. The standard InChI is InChI=1S/C17H23N5O/c1-11(2)22-17(7-8-18-22)15-10-14(19-12(3)20-15)16-6-5-9-21(16)13(4)23/h7-8,10-11,16H,5-6,9H2,1-4H3/t16-/m1/s1. The summed E-state index contributed by atoms with van der Waals surface area (Å²) >= 11 is 0. The normalized spacial score (nSPS) is 18.0. The molecule has 0 saturated carbocycles. The van der Waals surface area contributed by atoms with Crippen molar-refractivity contribution in [3.05, 3.63) is 29.8 Å². The van der Waals surface area contributed by atoms with Gasteiger partial charge >= 0.3 is 0 Å². The van der Waals surface area contributed by atoms with Gasteiger partial charge < -0.3 is 4.90 Å². The summed E-state index contributed by atoms with van der Waals surface area (Å²) in [5.74, 6) is 0.835. The Hall–Kier alpha value is -2.24. The van der Waals surface area contributed by atoms with Crippen LogP contribution >= 0.6 is 0 Å². The van der Waals surface area contributed by atoms with Gasteiger partial charge in [-0.05, 0) is 45.7 Å². The summed E-state index contributed by atoms with van der Waals surface area (Å²) in [5, 5.41) is 4.38. The maximum atomic E-state index is 11.8. The Labute approximate surface area is 136 Å². The third kappa shape index (κ3) is 2.98. The molecule has 0 spiro atoms. The van der Waals surface area contributed by atoms with Crippen LogP contribution in [0, 0.1) is 6.92 Å². The second kappa shape index (κ2) is 6.10. The molecule has 3 heterocycles. The van der Waals surface area contributed by atoms with Crippen LogP contribution in [0.3, 0.4) is 0 Å². The SMILES string of the molecule is CC(=O)N1CCC[C@@H]1c1cc(-c2ccnn2C(C)C)nc(C)n1. The molecule has 6 heteroatoms. The van der Waals surface area contributed by atoms with Crippen LogP contribution in [0.2, 0.25) is 0 Å². The molecule has 23 heavy (non-hydrogen) atoms. The van der Waals surface area contributed by atoms with Crippen LogP contribution in [0.25, 0.3) is 11.4 Å². The number of hydrogen-bond donors (Lipinski definition) is 0. The van der Waals surface area contributed by atoms with Gasteiger partial charge in [-0.25, -0.2) is 9.97 Å². The number of amides is 1. The zero-order valence-corrected chi connectivity index (χ0v) is 14.2. The Kier molecular flexibility index (Phi) is 4.15. The van der Waals surface area contributed by atoms with E-state index in [1.807, 2.05) is 28.6 Å². The van der Waals surface area contributed by atoms with Gasteiger partial charge in [0.2, 0.25) is 5.91 Å². The summed E-state index contributed by atoms with van der Waals surface area (Å²) in [4.78, 5) is 22.9. The minimum atomic E-state index is 0.0587. The first kappa shape index (κ1) is 15.6. The molecular weight excluding hydrogens is 290 g/mol. The van der Waals surface area contributed by atoms with Crippen molar-refractivity contribution in [3.8, 4) is 11.4 Å². The second-order valence-corrected chi connectivity index (χ2v) is 6.35. The lowest BCUT2D eigenvalue weighted by atomic mass is 10.1. The van der Waals surface area contributed by atoms with E-state index < -0.39 is 0 Å². The third-order valence-corrected chi connectivity index (χ3v) is 4.28. The first-order chi connectivity index (χ1) is 11.0. The molecule has 1 fully saturated rings. The van der Waals surface area contributed by atoms with E-state index in [0.717, 1.165) is 42.3 Å². The molecule has 0 bridgehead atoms. The first-order valence-corrected chi connectivity index (χ1v) is 8.14. The van der Waals surface area contributed by atoms with E-state index in [-0.39, 0.29) is 18.0 Å². The molecule has 0 unspecified atom stereocenters. The Morgan fingerprint density at radius 2 is 2.13 bits per heavy atom. The van der Waals surface area contributed by atoms with Crippen LogP contribution in [-0.4, -0.2) is 37.1 Å². The van der Waals surface area contributed by atoms with Crippen molar-refractivity contribution in [3.63, 3.8) is 0 Å². The van der Waals surface area contributed by atoms with Gasteiger partial charge in [0.15, 0.2) is 0 Å². The highest BCUT2D eigenvalue weighted by Crippen LogP contribution is 2.32. The van der Waals surface area contributed by atoms with Gasteiger partial charge in [-0.2, -0.15) is 5.10 Å². The Morgan fingerprint density at radius 3 is 2.83 bits per heavy atom. The highest BCUT2D eigenvalue weighted by Gasteiger charge is 2.29. The molecule has 1 amide bonds. The topological polar surface area (TPSA) is 63.9 Å². The molecule has 0 aliphatic carbocycles. The van der Waals surface area contributed by atoms with E-state index in [1.54, 1.807) is 13.1 Å². The minimum Gasteiger partial charge on any atom is -0.334 e. The molecule has 0 radical (unpaired) electrons. The maximum absolute atomic E-state index is 11.8.